The zero-order valence-corrected chi connectivity index (χ0v) is 18.5. The van der Waals surface area contributed by atoms with E-state index in [1.54, 1.807) is 55.6 Å². The van der Waals surface area contributed by atoms with Crippen molar-refractivity contribution < 1.29 is 19.1 Å². The van der Waals surface area contributed by atoms with Gasteiger partial charge in [-0.05, 0) is 60.1 Å². The molecule has 164 valence electrons. The number of thiocarbonyl (C=S) groups is 1. The Morgan fingerprint density at radius 3 is 2.16 bits per heavy atom. The van der Waals surface area contributed by atoms with Gasteiger partial charge < -0.3 is 15.4 Å². The highest BCUT2D eigenvalue weighted by atomic mass is 32.1. The molecular formula is C22H26N4O4S. The van der Waals surface area contributed by atoms with Crippen molar-refractivity contribution in [1.29, 1.82) is 0 Å². The maximum atomic E-state index is 12.2. The minimum atomic E-state index is -0.438. The van der Waals surface area contributed by atoms with E-state index < -0.39 is 5.91 Å². The third kappa shape index (κ3) is 8.43. The summed E-state index contributed by atoms with van der Waals surface area (Å²) in [6.45, 7) is 3.93. The van der Waals surface area contributed by atoms with Gasteiger partial charge in [-0.3, -0.25) is 25.2 Å². The van der Waals surface area contributed by atoms with E-state index in [1.807, 2.05) is 13.8 Å². The number of anilines is 1. The molecule has 3 amide bonds. The molecule has 0 fully saturated rings. The Morgan fingerprint density at radius 2 is 1.58 bits per heavy atom. The van der Waals surface area contributed by atoms with Crippen LogP contribution in [0.25, 0.3) is 0 Å². The smallest absolute Gasteiger partial charge is 0.269 e. The van der Waals surface area contributed by atoms with Crippen LogP contribution in [0, 0.1) is 5.92 Å². The van der Waals surface area contributed by atoms with Crippen LogP contribution in [0.5, 0.6) is 5.75 Å². The summed E-state index contributed by atoms with van der Waals surface area (Å²) in [5.41, 5.74) is 6.68. The molecule has 0 radical (unpaired) electrons. The van der Waals surface area contributed by atoms with Crippen molar-refractivity contribution in [2.45, 2.75) is 26.7 Å². The highest BCUT2D eigenvalue weighted by Crippen LogP contribution is 2.12. The van der Waals surface area contributed by atoms with Crippen molar-refractivity contribution in [3.8, 4) is 5.75 Å². The van der Waals surface area contributed by atoms with Gasteiger partial charge in [-0.2, -0.15) is 0 Å². The number of benzene rings is 2. The van der Waals surface area contributed by atoms with Gasteiger partial charge in [0.25, 0.3) is 5.91 Å². The first kappa shape index (κ1) is 23.8. The molecule has 0 saturated heterocycles. The van der Waals surface area contributed by atoms with Crippen molar-refractivity contribution in [3.63, 3.8) is 0 Å². The molecule has 0 aromatic heterocycles. The van der Waals surface area contributed by atoms with E-state index in [0.717, 1.165) is 5.56 Å². The summed E-state index contributed by atoms with van der Waals surface area (Å²) in [6.07, 6.45) is 0.553. The van der Waals surface area contributed by atoms with E-state index in [9.17, 15) is 14.4 Å². The first-order chi connectivity index (χ1) is 14.8. The topological polar surface area (TPSA) is 109 Å². The lowest BCUT2D eigenvalue weighted by molar-refractivity contribution is -0.119. The van der Waals surface area contributed by atoms with E-state index in [0.29, 0.717) is 23.4 Å². The molecule has 2 rings (SSSR count). The predicted octanol–water partition coefficient (Wildman–Crippen LogP) is 2.56. The molecule has 2 aromatic carbocycles. The van der Waals surface area contributed by atoms with E-state index in [-0.39, 0.29) is 29.3 Å². The largest absolute Gasteiger partial charge is 0.497 e. The summed E-state index contributed by atoms with van der Waals surface area (Å²) >= 11 is 5.03. The molecule has 0 aliphatic rings. The van der Waals surface area contributed by atoms with Gasteiger partial charge in [0, 0.05) is 17.7 Å². The van der Waals surface area contributed by atoms with Gasteiger partial charge in [0.05, 0.1) is 13.5 Å². The molecule has 0 saturated carbocycles. The van der Waals surface area contributed by atoms with Gasteiger partial charge in [0.15, 0.2) is 5.11 Å². The molecule has 0 unspecified atom stereocenters. The molecule has 0 heterocycles. The second-order valence-corrected chi connectivity index (χ2v) is 7.61. The van der Waals surface area contributed by atoms with Crippen LogP contribution < -0.4 is 26.2 Å². The lowest BCUT2D eigenvalue weighted by Gasteiger charge is -2.11. The third-order valence-electron chi connectivity index (χ3n) is 4.09. The molecule has 2 aromatic rings. The van der Waals surface area contributed by atoms with E-state index in [1.165, 1.54) is 0 Å². The van der Waals surface area contributed by atoms with E-state index >= 15 is 0 Å². The highest BCUT2D eigenvalue weighted by Gasteiger charge is 2.10. The average molecular weight is 443 g/mol. The molecule has 0 aliphatic carbocycles. The highest BCUT2D eigenvalue weighted by molar-refractivity contribution is 7.80. The quantitative estimate of drug-likeness (QED) is 0.388. The number of hydrogen-bond acceptors (Lipinski definition) is 5. The summed E-state index contributed by atoms with van der Waals surface area (Å²) in [7, 11) is 1.57. The SMILES string of the molecule is COc1ccc(CC(=O)NC(=S)NNC(=O)c2ccc(NC(=O)CC(C)C)cc2)cc1. The minimum absolute atomic E-state index is 0.0237. The summed E-state index contributed by atoms with van der Waals surface area (Å²) in [5.74, 6) is 0.126. The Bertz CT molecular complexity index is 928. The Kier molecular flexibility index (Phi) is 8.95. The zero-order valence-electron chi connectivity index (χ0n) is 17.7. The molecule has 0 bridgehead atoms. The van der Waals surface area contributed by atoms with Crippen molar-refractivity contribution >= 4 is 40.7 Å². The number of ether oxygens (including phenoxy) is 1. The van der Waals surface area contributed by atoms with Gasteiger partial charge in [0.2, 0.25) is 11.8 Å². The van der Waals surface area contributed by atoms with Crippen molar-refractivity contribution in [2.75, 3.05) is 12.4 Å². The van der Waals surface area contributed by atoms with Crippen LogP contribution >= 0.6 is 12.2 Å². The standard InChI is InChI=1S/C22H26N4O4S/c1-14(2)12-19(27)23-17-8-6-16(7-9-17)21(29)25-26-22(31)24-20(28)13-15-4-10-18(30-3)11-5-15/h4-11,14H,12-13H2,1-3H3,(H,23,27)(H,25,29)(H2,24,26,28,31). The molecule has 0 spiro atoms. The average Bonchev–Trinajstić information content (AvgIpc) is 2.72. The normalized spacial score (nSPS) is 10.2. The van der Waals surface area contributed by atoms with Gasteiger partial charge in [0.1, 0.15) is 5.75 Å². The molecule has 8 nitrogen and oxygen atoms in total. The number of hydrazine groups is 1. The summed E-state index contributed by atoms with van der Waals surface area (Å²) in [5, 5.41) is 5.25. The zero-order chi connectivity index (χ0) is 22.8. The fourth-order valence-corrected chi connectivity index (χ4v) is 2.77. The molecule has 31 heavy (non-hydrogen) atoms. The van der Waals surface area contributed by atoms with E-state index in [4.69, 9.17) is 17.0 Å². The summed E-state index contributed by atoms with van der Waals surface area (Å²) in [4.78, 5) is 36.1. The van der Waals surface area contributed by atoms with E-state index in [2.05, 4.69) is 21.5 Å². The number of methoxy groups -OCH3 is 1. The maximum Gasteiger partial charge on any atom is 0.269 e. The van der Waals surface area contributed by atoms with Crippen LogP contribution in [0.15, 0.2) is 48.5 Å². The number of amides is 3. The second kappa shape index (κ2) is 11.7. The lowest BCUT2D eigenvalue weighted by Crippen LogP contribution is -2.48. The number of hydrogen-bond donors (Lipinski definition) is 4. The number of nitrogens with one attached hydrogen (secondary N) is 4. The fourth-order valence-electron chi connectivity index (χ4n) is 2.60. The molecule has 9 heteroatoms. The molecular weight excluding hydrogens is 416 g/mol. The van der Waals surface area contributed by atoms with Crippen LogP contribution in [-0.4, -0.2) is 29.9 Å². The summed E-state index contributed by atoms with van der Waals surface area (Å²) < 4.78 is 5.08. The first-order valence-corrected chi connectivity index (χ1v) is 10.1. The van der Waals surface area contributed by atoms with Crippen LogP contribution in [-0.2, 0) is 16.0 Å². The van der Waals surface area contributed by atoms with Gasteiger partial charge in [-0.25, -0.2) is 0 Å². The van der Waals surface area contributed by atoms with Crippen LogP contribution in [0.3, 0.4) is 0 Å². The van der Waals surface area contributed by atoms with Crippen LogP contribution in [0.2, 0.25) is 0 Å². The molecule has 0 atom stereocenters. The Balaban J connectivity index is 1.77. The van der Waals surface area contributed by atoms with Crippen LogP contribution in [0.1, 0.15) is 36.2 Å². The number of carbonyl (C=O) groups is 3. The Hall–Kier alpha value is -3.46. The first-order valence-electron chi connectivity index (χ1n) is 9.70. The van der Waals surface area contributed by atoms with Gasteiger partial charge in [-0.1, -0.05) is 26.0 Å². The van der Waals surface area contributed by atoms with Gasteiger partial charge >= 0.3 is 0 Å². The van der Waals surface area contributed by atoms with Gasteiger partial charge in [-0.15, -0.1) is 0 Å². The second-order valence-electron chi connectivity index (χ2n) is 7.20. The van der Waals surface area contributed by atoms with Crippen LogP contribution in [0.4, 0.5) is 5.69 Å². The fraction of sp³-hybridized carbons (Fsp3) is 0.273. The van der Waals surface area contributed by atoms with Crippen molar-refractivity contribution in [1.82, 2.24) is 16.2 Å². The lowest BCUT2D eigenvalue weighted by atomic mass is 10.1. The summed E-state index contributed by atoms with van der Waals surface area (Å²) in [6, 6.07) is 13.5. The van der Waals surface area contributed by atoms with Crippen molar-refractivity contribution in [3.05, 3.63) is 59.7 Å². The minimum Gasteiger partial charge on any atom is -0.497 e. The predicted molar refractivity (Wildman–Crippen MR) is 123 cm³/mol. The van der Waals surface area contributed by atoms with Crippen molar-refractivity contribution in [2.24, 2.45) is 5.92 Å². The Labute approximate surface area is 186 Å². The third-order valence-corrected chi connectivity index (χ3v) is 4.29. The maximum absolute atomic E-state index is 12.2. The Morgan fingerprint density at radius 1 is 0.935 bits per heavy atom. The number of carbonyl (C=O) groups excluding carboxylic acids is 3. The number of rotatable bonds is 7. The monoisotopic (exact) mass is 442 g/mol. The molecule has 4 N–H and O–H groups in total. The molecule has 0 aliphatic heterocycles.